The Morgan fingerprint density at radius 2 is 0.920 bits per heavy atom. The molecular weight excluding hydrogens is 1130 g/mol. The fourth-order valence-corrected chi connectivity index (χ4v) is 10.9. The average Bonchev–Trinajstić information content (AvgIpc) is 3.66. The van der Waals surface area contributed by atoms with Gasteiger partial charge in [-0.05, 0) is 100 Å². The molecule has 24 nitrogen and oxygen atoms in total. The van der Waals surface area contributed by atoms with Crippen LogP contribution in [0.2, 0.25) is 0 Å². The second kappa shape index (κ2) is 36.7. The highest BCUT2D eigenvalue weighted by molar-refractivity contribution is 5.99. The topological polar surface area (TPSA) is 303 Å². The molecule has 88 heavy (non-hydrogen) atoms. The van der Waals surface area contributed by atoms with E-state index in [4.69, 9.17) is 5.26 Å². The van der Waals surface area contributed by atoms with E-state index < -0.39 is 156 Å². The van der Waals surface area contributed by atoms with Crippen LogP contribution in [0, 0.1) is 52.8 Å². The minimum absolute atomic E-state index is 0.00187. The zero-order valence-electron chi connectivity index (χ0n) is 57.4. The quantitative estimate of drug-likeness (QED) is 0.103. The number of aliphatic hydroxyl groups is 1. The van der Waals surface area contributed by atoms with E-state index in [-0.39, 0.29) is 68.6 Å². The van der Waals surface area contributed by atoms with Crippen LogP contribution in [0.1, 0.15) is 162 Å². The Balaban J connectivity index is 4.35. The normalized spacial score (nSPS) is 26.3. The zero-order chi connectivity index (χ0) is 68.1. The van der Waals surface area contributed by atoms with Gasteiger partial charge < -0.3 is 60.7 Å². The summed E-state index contributed by atoms with van der Waals surface area (Å²) in [6.45, 7) is 27.4. The van der Waals surface area contributed by atoms with Crippen molar-refractivity contribution in [1.82, 2.24) is 55.6 Å². The summed E-state index contributed by atoms with van der Waals surface area (Å²) >= 11 is 0. The Kier molecular flexibility index (Phi) is 33.1. The Morgan fingerprint density at radius 3 is 1.39 bits per heavy atom. The fraction of sp³-hybridized carbons (Fsp3) is 0.781. The maximum absolute atomic E-state index is 15.2. The molecule has 500 valence electrons. The number of hydrogen-bond acceptors (Lipinski definition) is 13. The molecule has 1 aliphatic heterocycles. The van der Waals surface area contributed by atoms with E-state index in [2.05, 4.69) is 27.3 Å². The Bertz CT molecular complexity index is 2460. The number of hydrogen-bond donors (Lipinski definition) is 5. The number of unbranched alkanes of at least 4 members (excludes halogenated alkanes) is 1. The molecule has 1 heterocycles. The summed E-state index contributed by atoms with van der Waals surface area (Å²) in [5.41, 5.74) is 0. The Hall–Kier alpha value is -6.64. The number of carbonyl (C=O) groups is 11. The lowest BCUT2D eigenvalue weighted by Gasteiger charge is -2.41. The predicted octanol–water partition coefficient (Wildman–Crippen LogP) is 3.55. The van der Waals surface area contributed by atoms with Crippen molar-refractivity contribution in [3.05, 3.63) is 12.2 Å². The van der Waals surface area contributed by atoms with Crippen molar-refractivity contribution >= 4 is 65.0 Å². The van der Waals surface area contributed by atoms with Crippen molar-refractivity contribution in [2.45, 2.75) is 229 Å². The third kappa shape index (κ3) is 22.7. The molecule has 0 spiro atoms. The molecule has 0 aromatic rings. The monoisotopic (exact) mass is 1240 g/mol. The van der Waals surface area contributed by atoms with Gasteiger partial charge in [0.05, 0.1) is 18.7 Å². The molecule has 1 fully saturated rings. The van der Waals surface area contributed by atoms with Gasteiger partial charge in [0, 0.05) is 55.8 Å². The number of rotatable bonds is 17. The molecule has 0 aromatic heterocycles. The van der Waals surface area contributed by atoms with Gasteiger partial charge in [0.15, 0.2) is 0 Å². The summed E-state index contributed by atoms with van der Waals surface area (Å²) < 4.78 is 0. The molecule has 0 bridgehead atoms. The van der Waals surface area contributed by atoms with E-state index in [0.717, 1.165) is 9.80 Å². The number of amides is 11. The number of carbonyl (C=O) groups excluding carboxylic acids is 11. The molecular formula is C64H112N12O12. The summed E-state index contributed by atoms with van der Waals surface area (Å²) in [6.07, 6.45) is 3.46. The van der Waals surface area contributed by atoms with Crippen LogP contribution in [-0.4, -0.2) is 227 Å². The van der Waals surface area contributed by atoms with Crippen molar-refractivity contribution in [2.24, 2.45) is 41.4 Å². The van der Waals surface area contributed by atoms with Gasteiger partial charge in [0.25, 0.3) is 0 Å². The summed E-state index contributed by atoms with van der Waals surface area (Å²) in [4.78, 5) is 169. The van der Waals surface area contributed by atoms with Crippen LogP contribution in [0.3, 0.4) is 0 Å². The lowest BCUT2D eigenvalue weighted by Crippen LogP contribution is -2.63. The van der Waals surface area contributed by atoms with Gasteiger partial charge in [-0.25, -0.2) is 0 Å². The first-order valence-electron chi connectivity index (χ1n) is 31.5. The van der Waals surface area contributed by atoms with E-state index in [9.17, 15) is 48.3 Å². The van der Waals surface area contributed by atoms with Crippen LogP contribution >= 0.6 is 0 Å². The molecule has 1 rings (SSSR count). The van der Waals surface area contributed by atoms with Crippen molar-refractivity contribution in [2.75, 3.05) is 55.9 Å². The number of likely N-dealkylation sites (N-methyl/N-ethyl adjacent to an activating group) is 7. The smallest absolute Gasteiger partial charge is 0.246 e. The van der Waals surface area contributed by atoms with Crippen molar-refractivity contribution in [3.8, 4) is 6.07 Å². The maximum atomic E-state index is 15.2. The number of nitriles is 1. The van der Waals surface area contributed by atoms with Gasteiger partial charge in [0.2, 0.25) is 65.0 Å². The second-order valence-electron chi connectivity index (χ2n) is 26.7. The van der Waals surface area contributed by atoms with Gasteiger partial charge in [-0.2, -0.15) is 5.26 Å². The number of nitrogens with one attached hydrogen (secondary N) is 4. The summed E-state index contributed by atoms with van der Waals surface area (Å²) in [5.74, 6) is -10.1. The third-order valence-corrected chi connectivity index (χ3v) is 16.4. The predicted molar refractivity (Wildman–Crippen MR) is 338 cm³/mol. The zero-order valence-corrected chi connectivity index (χ0v) is 57.4. The molecule has 0 radical (unpaired) electrons. The highest BCUT2D eigenvalue weighted by atomic mass is 16.3. The molecule has 1 aliphatic rings. The van der Waals surface area contributed by atoms with Crippen molar-refractivity contribution < 1.29 is 57.8 Å². The van der Waals surface area contributed by atoms with E-state index >= 15 is 9.59 Å². The molecule has 5 N–H and O–H groups in total. The van der Waals surface area contributed by atoms with Crippen LogP contribution in [0.15, 0.2) is 12.2 Å². The highest BCUT2D eigenvalue weighted by Crippen LogP contribution is 2.26. The van der Waals surface area contributed by atoms with E-state index in [0.29, 0.717) is 6.42 Å². The van der Waals surface area contributed by atoms with Crippen molar-refractivity contribution in [1.29, 1.82) is 5.26 Å². The first-order chi connectivity index (χ1) is 40.7. The van der Waals surface area contributed by atoms with E-state index in [1.165, 1.54) is 87.7 Å². The van der Waals surface area contributed by atoms with Gasteiger partial charge >= 0.3 is 0 Å². The molecule has 1 saturated heterocycles. The summed E-state index contributed by atoms with van der Waals surface area (Å²) in [7, 11) is 9.84. The molecule has 24 heteroatoms. The molecule has 12 atom stereocenters. The highest BCUT2D eigenvalue weighted by Gasteiger charge is 2.45. The van der Waals surface area contributed by atoms with Gasteiger partial charge in [0.1, 0.15) is 60.4 Å². The SMILES string of the molecule is CC[C@@H]1NC(=O)[C@H]([C@H](O)[C@H](C)C/C=C/CCC#N)N(C)C(=O)[C@H](C(C)C)N(C)C(=O)[C@H](CC(C)C)N(C)C(=O)[C@H](CC(C)C)N(C)C(=O)[C@@H](C)NC(=O)[C@H](C)NC(=O)[C@H](CC(C)C)N(C)C(=O)[C@H](C(C)C)NC(=O)[C@H](CC(C)C)N(C)C(=O)CN(C)C1=O. The molecule has 0 unspecified atom stereocenters. The van der Waals surface area contributed by atoms with Crippen LogP contribution in [-0.2, 0) is 52.7 Å². The molecule has 0 saturated carbocycles. The van der Waals surface area contributed by atoms with Crippen LogP contribution < -0.4 is 21.3 Å². The standard InChI is InChI=1S/C64H112N12O12/c1-24-45-60(84)70(17)35-50(77)71(18)46(31-36(2)3)57(81)69-51(40(10)11)63(87)72(19)47(32-37(4)5)56(80)66-43(15)55(79)67-44(16)59(83)73(20)48(33-38(6)7)61(85)74(21)49(34-39(8)9)62(86)75(22)52(41(12)13)64(88)76(23)53(58(82)68-45)54(78)42(14)29-27-25-26-28-30-65/h25,27,36-49,51-54,78H,24,26,28-29,31-35H2,1-23H3,(H,66,80)(H,67,79)(H,68,82)(H,69,81)/b27-25+/t42-,43+,44-,45+,46+,47+,48+,49+,51+,52+,53+,54-/m1/s1. The number of allylic oxidation sites excluding steroid dienone is 2. The third-order valence-electron chi connectivity index (χ3n) is 16.4. The minimum atomic E-state index is -1.66. The first kappa shape index (κ1) is 79.4. The van der Waals surface area contributed by atoms with Gasteiger partial charge in [-0.3, -0.25) is 52.7 Å². The number of nitrogens with zero attached hydrogens (tertiary/aromatic N) is 8. The van der Waals surface area contributed by atoms with E-state index in [1.807, 2.05) is 55.4 Å². The van der Waals surface area contributed by atoms with Crippen LogP contribution in [0.25, 0.3) is 0 Å². The van der Waals surface area contributed by atoms with E-state index in [1.54, 1.807) is 53.7 Å². The van der Waals surface area contributed by atoms with Crippen LogP contribution in [0.4, 0.5) is 0 Å². The van der Waals surface area contributed by atoms with Gasteiger partial charge in [-0.1, -0.05) is 109 Å². The number of aliphatic hydroxyl groups excluding tert-OH is 1. The molecule has 0 aromatic carbocycles. The average molecular weight is 1240 g/mol. The lowest BCUT2D eigenvalue weighted by atomic mass is 9.91. The maximum Gasteiger partial charge on any atom is 0.246 e. The summed E-state index contributed by atoms with van der Waals surface area (Å²) in [6, 6.07) is -10.5. The first-order valence-corrected chi connectivity index (χ1v) is 31.5. The van der Waals surface area contributed by atoms with Crippen LogP contribution in [0.5, 0.6) is 0 Å². The minimum Gasteiger partial charge on any atom is -0.390 e. The molecule has 0 aliphatic carbocycles. The Morgan fingerprint density at radius 1 is 0.489 bits per heavy atom. The fourth-order valence-electron chi connectivity index (χ4n) is 10.9. The second-order valence-corrected chi connectivity index (χ2v) is 26.7. The Labute approximate surface area is 526 Å². The lowest BCUT2D eigenvalue weighted by molar-refractivity contribution is -0.157. The largest absolute Gasteiger partial charge is 0.390 e. The molecule has 11 amide bonds. The van der Waals surface area contributed by atoms with Crippen molar-refractivity contribution in [3.63, 3.8) is 0 Å². The summed E-state index contributed by atoms with van der Waals surface area (Å²) in [5, 5.41) is 32.3. The van der Waals surface area contributed by atoms with Gasteiger partial charge in [-0.15, -0.1) is 0 Å².